The molecule has 30 heavy (non-hydrogen) atoms. The maximum absolute atomic E-state index is 12.8. The molecule has 0 aliphatic carbocycles. The summed E-state index contributed by atoms with van der Waals surface area (Å²) in [4.78, 5) is 21.4. The summed E-state index contributed by atoms with van der Waals surface area (Å²) in [6.45, 7) is 0. The number of carbonyl (C=O) groups is 1. The van der Waals surface area contributed by atoms with Gasteiger partial charge in [0.05, 0.1) is 40.7 Å². The number of nitrogens with one attached hydrogen (secondary N) is 1. The summed E-state index contributed by atoms with van der Waals surface area (Å²) in [5.74, 6) is 0.437. The first-order valence-electron chi connectivity index (χ1n) is 8.87. The molecule has 0 unspecified atom stereocenters. The third-order valence-electron chi connectivity index (χ3n) is 4.47. The van der Waals surface area contributed by atoms with Gasteiger partial charge >= 0.3 is 0 Å². The van der Waals surface area contributed by atoms with Gasteiger partial charge in [-0.05, 0) is 42.5 Å². The van der Waals surface area contributed by atoms with Gasteiger partial charge < -0.3 is 14.5 Å². The fraction of sp³-hybridized carbons (Fsp3) is 0.0952. The number of hydrogen-bond acceptors (Lipinski definition) is 4. The van der Waals surface area contributed by atoms with Crippen molar-refractivity contribution in [1.29, 1.82) is 0 Å². The van der Waals surface area contributed by atoms with E-state index >= 15 is 0 Å². The highest BCUT2D eigenvalue weighted by molar-refractivity contribution is 6.36. The van der Waals surface area contributed by atoms with Crippen molar-refractivity contribution < 1.29 is 9.53 Å². The van der Waals surface area contributed by atoms with Crippen LogP contribution in [-0.2, 0) is 11.2 Å². The van der Waals surface area contributed by atoms with E-state index in [2.05, 4.69) is 15.3 Å². The molecule has 1 N–H and O–H groups in total. The number of carbonyl (C=O) groups excluding carboxylic acids is 1. The Kier molecular flexibility index (Phi) is 5.81. The topological polar surface area (TPSA) is 68.5 Å². The Morgan fingerprint density at radius 2 is 1.93 bits per heavy atom. The van der Waals surface area contributed by atoms with E-state index in [1.807, 2.05) is 24.3 Å². The highest BCUT2D eigenvalue weighted by Crippen LogP contribution is 2.31. The van der Waals surface area contributed by atoms with Gasteiger partial charge in [0.1, 0.15) is 5.75 Å². The van der Waals surface area contributed by atoms with Gasteiger partial charge in [-0.1, -0.05) is 34.8 Å². The third kappa shape index (κ3) is 4.07. The van der Waals surface area contributed by atoms with Crippen molar-refractivity contribution in [2.75, 3.05) is 12.4 Å². The second kappa shape index (κ2) is 8.52. The molecule has 0 radical (unpaired) electrons. The third-order valence-corrected chi connectivity index (χ3v) is 5.25. The van der Waals surface area contributed by atoms with E-state index < -0.39 is 0 Å². The van der Waals surface area contributed by atoms with Crippen LogP contribution in [0.5, 0.6) is 5.75 Å². The zero-order valence-electron chi connectivity index (χ0n) is 15.7. The van der Waals surface area contributed by atoms with Crippen LogP contribution in [0.3, 0.4) is 0 Å². The molecule has 3 heterocycles. The van der Waals surface area contributed by atoms with Crippen LogP contribution in [0, 0.1) is 0 Å². The normalized spacial score (nSPS) is 10.9. The SMILES string of the molecule is COc1ccc(-c2nc3c(Cl)cc(Cl)cn3c2CC(=O)Nc2cccnc2Cl)cc1. The summed E-state index contributed by atoms with van der Waals surface area (Å²) in [5, 5.41) is 3.81. The van der Waals surface area contributed by atoms with Gasteiger partial charge in [0.2, 0.25) is 5.91 Å². The van der Waals surface area contributed by atoms with Crippen LogP contribution in [0.4, 0.5) is 5.69 Å². The molecule has 0 bridgehead atoms. The molecule has 1 aromatic carbocycles. The number of hydrogen-bond donors (Lipinski definition) is 1. The van der Waals surface area contributed by atoms with Gasteiger partial charge in [-0.2, -0.15) is 0 Å². The van der Waals surface area contributed by atoms with E-state index in [1.54, 1.807) is 42.1 Å². The Balaban J connectivity index is 1.78. The summed E-state index contributed by atoms with van der Waals surface area (Å²) in [6, 6.07) is 12.4. The second-order valence-electron chi connectivity index (χ2n) is 6.40. The maximum Gasteiger partial charge on any atom is 0.230 e. The molecule has 9 heteroatoms. The number of methoxy groups -OCH3 is 1. The number of rotatable bonds is 5. The van der Waals surface area contributed by atoms with E-state index in [1.165, 1.54) is 0 Å². The first-order chi connectivity index (χ1) is 14.5. The Hall–Kier alpha value is -2.80. The molecule has 152 valence electrons. The van der Waals surface area contributed by atoms with E-state index in [4.69, 9.17) is 39.5 Å². The first-order valence-corrected chi connectivity index (χ1v) is 10.0. The number of aromatic nitrogens is 3. The van der Waals surface area contributed by atoms with Gasteiger partial charge in [-0.25, -0.2) is 9.97 Å². The quantitative estimate of drug-likeness (QED) is 0.396. The Morgan fingerprint density at radius 1 is 1.17 bits per heavy atom. The molecule has 0 saturated heterocycles. The van der Waals surface area contributed by atoms with Gasteiger partial charge in [0, 0.05) is 18.0 Å². The van der Waals surface area contributed by atoms with Crippen molar-refractivity contribution in [3.63, 3.8) is 0 Å². The van der Waals surface area contributed by atoms with Crippen molar-refractivity contribution in [1.82, 2.24) is 14.4 Å². The Morgan fingerprint density at radius 3 is 2.63 bits per heavy atom. The summed E-state index contributed by atoms with van der Waals surface area (Å²) >= 11 is 18.6. The standard InChI is InChI=1S/C21H15Cl3N4O2/c1-30-14-6-4-12(5-7-14)19-17(28-11-13(22)9-15(23)21(28)27-19)10-18(29)26-16-3-2-8-25-20(16)24/h2-9,11H,10H2,1H3,(H,26,29). The number of halogens is 3. The van der Waals surface area contributed by atoms with Crippen molar-refractivity contribution in [3.05, 3.63) is 75.8 Å². The number of fused-ring (bicyclic) bond motifs is 1. The van der Waals surface area contributed by atoms with Crippen molar-refractivity contribution >= 4 is 52.0 Å². The highest BCUT2D eigenvalue weighted by atomic mass is 35.5. The van der Waals surface area contributed by atoms with Crippen molar-refractivity contribution in [2.45, 2.75) is 6.42 Å². The van der Waals surface area contributed by atoms with Crippen LogP contribution >= 0.6 is 34.8 Å². The predicted molar refractivity (Wildman–Crippen MR) is 119 cm³/mol. The minimum atomic E-state index is -0.280. The minimum absolute atomic E-state index is 0.0183. The molecule has 0 fully saturated rings. The lowest BCUT2D eigenvalue weighted by Gasteiger charge is -2.09. The first kappa shape index (κ1) is 20.5. The molecule has 3 aromatic heterocycles. The van der Waals surface area contributed by atoms with Crippen LogP contribution in [0.2, 0.25) is 15.2 Å². The zero-order valence-corrected chi connectivity index (χ0v) is 18.0. The van der Waals surface area contributed by atoms with Crippen LogP contribution < -0.4 is 10.1 Å². The van der Waals surface area contributed by atoms with Gasteiger partial charge in [0.25, 0.3) is 0 Å². The summed E-state index contributed by atoms with van der Waals surface area (Å²) in [5.41, 5.74) is 3.01. The average molecular weight is 462 g/mol. The van der Waals surface area contributed by atoms with Gasteiger partial charge in [-0.3, -0.25) is 4.79 Å². The Bertz CT molecular complexity index is 1240. The second-order valence-corrected chi connectivity index (χ2v) is 7.60. The fourth-order valence-electron chi connectivity index (χ4n) is 3.09. The number of nitrogens with zero attached hydrogens (tertiary/aromatic N) is 3. The van der Waals surface area contributed by atoms with Crippen LogP contribution in [0.15, 0.2) is 54.9 Å². The predicted octanol–water partition coefficient (Wildman–Crippen LogP) is 5.55. The Labute approximate surface area is 187 Å². The van der Waals surface area contributed by atoms with E-state index in [9.17, 15) is 4.79 Å². The molecule has 0 aliphatic heterocycles. The molecule has 0 saturated carbocycles. The number of anilines is 1. The number of pyridine rings is 2. The lowest BCUT2D eigenvalue weighted by molar-refractivity contribution is -0.115. The molecule has 4 rings (SSSR count). The number of ether oxygens (including phenoxy) is 1. The van der Waals surface area contributed by atoms with Crippen molar-refractivity contribution in [3.8, 4) is 17.0 Å². The summed E-state index contributed by atoms with van der Waals surface area (Å²) in [7, 11) is 1.60. The smallest absolute Gasteiger partial charge is 0.230 e. The molecule has 4 aromatic rings. The largest absolute Gasteiger partial charge is 0.497 e. The van der Waals surface area contributed by atoms with Gasteiger partial charge in [-0.15, -0.1) is 0 Å². The molecular formula is C21H15Cl3N4O2. The van der Waals surface area contributed by atoms with Crippen LogP contribution in [0.1, 0.15) is 5.69 Å². The molecule has 0 aliphatic rings. The minimum Gasteiger partial charge on any atom is -0.497 e. The highest BCUT2D eigenvalue weighted by Gasteiger charge is 2.20. The lowest BCUT2D eigenvalue weighted by Crippen LogP contribution is -2.16. The molecular weight excluding hydrogens is 447 g/mol. The molecule has 6 nitrogen and oxygen atoms in total. The average Bonchev–Trinajstić information content (AvgIpc) is 3.08. The van der Waals surface area contributed by atoms with Crippen LogP contribution in [-0.4, -0.2) is 27.4 Å². The lowest BCUT2D eigenvalue weighted by atomic mass is 10.1. The number of benzene rings is 1. The van der Waals surface area contributed by atoms with Crippen LogP contribution in [0.25, 0.3) is 16.9 Å². The number of amides is 1. The monoisotopic (exact) mass is 460 g/mol. The van der Waals surface area contributed by atoms with E-state index in [0.29, 0.717) is 38.5 Å². The van der Waals surface area contributed by atoms with Crippen molar-refractivity contribution in [2.24, 2.45) is 0 Å². The molecule has 1 amide bonds. The molecule has 0 spiro atoms. The van der Waals surface area contributed by atoms with E-state index in [0.717, 1.165) is 5.56 Å². The maximum atomic E-state index is 12.8. The van der Waals surface area contributed by atoms with E-state index in [-0.39, 0.29) is 17.5 Å². The summed E-state index contributed by atoms with van der Waals surface area (Å²) < 4.78 is 6.96. The van der Waals surface area contributed by atoms with Gasteiger partial charge in [0.15, 0.2) is 10.8 Å². The zero-order chi connectivity index (χ0) is 21.3. The fourth-order valence-corrected chi connectivity index (χ4v) is 3.77. The number of imidazole rings is 1. The summed E-state index contributed by atoms with van der Waals surface area (Å²) in [6.07, 6.45) is 3.25. The molecule has 0 atom stereocenters.